The van der Waals surface area contributed by atoms with Gasteiger partial charge in [0.15, 0.2) is 0 Å². The monoisotopic (exact) mass is 386 g/mol. The maximum Gasteiger partial charge on any atom is 0.257 e. The van der Waals surface area contributed by atoms with E-state index in [9.17, 15) is 4.79 Å². The van der Waals surface area contributed by atoms with E-state index in [4.69, 9.17) is 4.74 Å². The molecular formula is C23H22N4O2. The number of nitrogens with zero attached hydrogens (tertiary/aromatic N) is 2. The van der Waals surface area contributed by atoms with Gasteiger partial charge in [0.05, 0.1) is 12.3 Å². The number of H-pyrrole nitrogens is 1. The molecule has 2 N–H and O–H groups in total. The Morgan fingerprint density at radius 2 is 1.79 bits per heavy atom. The van der Waals surface area contributed by atoms with E-state index >= 15 is 0 Å². The highest BCUT2D eigenvalue weighted by molar-refractivity contribution is 5.92. The van der Waals surface area contributed by atoms with Crippen LogP contribution in [0.5, 0.6) is 5.75 Å². The summed E-state index contributed by atoms with van der Waals surface area (Å²) in [6, 6.07) is 16.0. The number of aryl methyl sites for hydroxylation is 2. The molecule has 6 nitrogen and oxygen atoms in total. The number of aromatic amines is 1. The number of hydrogen-bond donors (Lipinski definition) is 2. The molecule has 4 aromatic rings. The molecule has 3 heterocycles. The zero-order chi connectivity index (χ0) is 20.1. The fourth-order valence-corrected chi connectivity index (χ4v) is 4.38. The van der Waals surface area contributed by atoms with Crippen LogP contribution in [-0.2, 0) is 7.05 Å². The Morgan fingerprint density at radius 3 is 2.52 bits per heavy atom. The van der Waals surface area contributed by atoms with Crippen molar-refractivity contribution in [1.29, 1.82) is 0 Å². The second kappa shape index (κ2) is 6.51. The van der Waals surface area contributed by atoms with Crippen LogP contribution in [0, 0.1) is 6.92 Å². The first-order chi connectivity index (χ1) is 14.1. The van der Waals surface area contributed by atoms with Gasteiger partial charge in [0, 0.05) is 29.5 Å². The Morgan fingerprint density at radius 1 is 1.07 bits per heavy atom. The highest BCUT2D eigenvalue weighted by atomic mass is 16.5. The number of aromatic nitrogens is 3. The van der Waals surface area contributed by atoms with E-state index in [2.05, 4.69) is 27.5 Å². The molecule has 0 fully saturated rings. The van der Waals surface area contributed by atoms with Crippen LogP contribution in [0.3, 0.4) is 0 Å². The van der Waals surface area contributed by atoms with Gasteiger partial charge in [-0.2, -0.15) is 5.10 Å². The molecule has 0 saturated carbocycles. The lowest BCUT2D eigenvalue weighted by Crippen LogP contribution is -2.21. The second-order valence-electron chi connectivity index (χ2n) is 7.32. The number of nitrogens with one attached hydrogen (secondary N) is 2. The highest BCUT2D eigenvalue weighted by Crippen LogP contribution is 2.47. The molecule has 0 spiro atoms. The van der Waals surface area contributed by atoms with Gasteiger partial charge >= 0.3 is 0 Å². The Hall–Kier alpha value is -3.54. The molecular weight excluding hydrogens is 364 g/mol. The first-order valence-electron chi connectivity index (χ1n) is 9.76. The van der Waals surface area contributed by atoms with Crippen LogP contribution in [0.15, 0.2) is 53.3 Å². The van der Waals surface area contributed by atoms with Crippen LogP contribution in [0.25, 0.3) is 10.8 Å². The van der Waals surface area contributed by atoms with Crippen molar-refractivity contribution < 1.29 is 4.74 Å². The molecule has 1 aliphatic heterocycles. The Balaban J connectivity index is 1.82. The second-order valence-corrected chi connectivity index (χ2v) is 7.32. The van der Waals surface area contributed by atoms with Gasteiger partial charge in [0.2, 0.25) is 0 Å². The zero-order valence-electron chi connectivity index (χ0n) is 16.6. The summed E-state index contributed by atoms with van der Waals surface area (Å²) in [5, 5.41) is 9.69. The van der Waals surface area contributed by atoms with Crippen LogP contribution in [0.4, 0.5) is 11.6 Å². The lowest BCUT2D eigenvalue weighted by molar-refractivity contribution is 0.340. The number of benzene rings is 2. The summed E-state index contributed by atoms with van der Waals surface area (Å²) in [7, 11) is 1.91. The number of rotatable bonds is 3. The predicted octanol–water partition coefficient (Wildman–Crippen LogP) is 4.21. The van der Waals surface area contributed by atoms with Crippen LogP contribution in [0.2, 0.25) is 0 Å². The molecule has 0 saturated heterocycles. The SMILES string of the molecule is CCOc1ccc(C2c3c(C)nn(C)c3Nc3[nH]c(=O)c4ccccc4c32)cc1. The molecule has 1 aliphatic rings. The van der Waals surface area contributed by atoms with Crippen LogP contribution in [-0.4, -0.2) is 21.4 Å². The van der Waals surface area contributed by atoms with E-state index in [0.717, 1.165) is 45.2 Å². The highest BCUT2D eigenvalue weighted by Gasteiger charge is 2.34. The summed E-state index contributed by atoms with van der Waals surface area (Å²) in [6.45, 7) is 4.64. The predicted molar refractivity (Wildman–Crippen MR) is 114 cm³/mol. The summed E-state index contributed by atoms with van der Waals surface area (Å²) in [5.41, 5.74) is 4.19. The van der Waals surface area contributed by atoms with Gasteiger partial charge in [0.25, 0.3) is 5.56 Å². The summed E-state index contributed by atoms with van der Waals surface area (Å²) in [4.78, 5) is 15.7. The van der Waals surface area contributed by atoms with Gasteiger partial charge in [-0.05, 0) is 43.0 Å². The van der Waals surface area contributed by atoms with Gasteiger partial charge in [-0.15, -0.1) is 0 Å². The van der Waals surface area contributed by atoms with Crippen molar-refractivity contribution in [3.05, 3.63) is 81.3 Å². The molecule has 6 heteroatoms. The average Bonchev–Trinajstić information content (AvgIpc) is 3.01. The molecule has 2 aromatic carbocycles. The minimum Gasteiger partial charge on any atom is -0.494 e. The van der Waals surface area contributed by atoms with Crippen molar-refractivity contribution in [3.8, 4) is 5.75 Å². The number of ether oxygens (including phenoxy) is 1. The van der Waals surface area contributed by atoms with Crippen molar-refractivity contribution in [1.82, 2.24) is 14.8 Å². The van der Waals surface area contributed by atoms with Gasteiger partial charge < -0.3 is 15.0 Å². The molecule has 0 radical (unpaired) electrons. The van der Waals surface area contributed by atoms with Crippen LogP contribution >= 0.6 is 0 Å². The lowest BCUT2D eigenvalue weighted by atomic mass is 9.81. The van der Waals surface area contributed by atoms with Crippen molar-refractivity contribution >= 4 is 22.4 Å². The van der Waals surface area contributed by atoms with Crippen molar-refractivity contribution in [2.75, 3.05) is 11.9 Å². The Kier molecular flexibility index (Phi) is 3.94. The van der Waals surface area contributed by atoms with Gasteiger partial charge in [0.1, 0.15) is 17.4 Å². The van der Waals surface area contributed by atoms with Crippen molar-refractivity contribution in [3.63, 3.8) is 0 Å². The lowest BCUT2D eigenvalue weighted by Gasteiger charge is -2.29. The quantitative estimate of drug-likeness (QED) is 0.487. The molecule has 2 aromatic heterocycles. The fourth-order valence-electron chi connectivity index (χ4n) is 4.38. The maximum absolute atomic E-state index is 12.7. The van der Waals surface area contributed by atoms with Crippen LogP contribution in [0.1, 0.15) is 35.2 Å². The smallest absolute Gasteiger partial charge is 0.257 e. The van der Waals surface area contributed by atoms with Gasteiger partial charge in [-0.3, -0.25) is 9.48 Å². The Labute approximate surface area is 168 Å². The van der Waals surface area contributed by atoms with E-state index in [-0.39, 0.29) is 11.5 Å². The maximum atomic E-state index is 12.7. The summed E-state index contributed by atoms with van der Waals surface area (Å²) >= 11 is 0. The van der Waals surface area contributed by atoms with Crippen molar-refractivity contribution in [2.45, 2.75) is 19.8 Å². The topological polar surface area (TPSA) is 71.9 Å². The minimum absolute atomic E-state index is 0.0487. The average molecular weight is 386 g/mol. The molecule has 5 rings (SSSR count). The van der Waals surface area contributed by atoms with E-state index in [1.165, 1.54) is 0 Å². The largest absolute Gasteiger partial charge is 0.494 e. The molecule has 1 atom stereocenters. The molecule has 0 bridgehead atoms. The van der Waals surface area contributed by atoms with Gasteiger partial charge in [-0.25, -0.2) is 0 Å². The molecule has 0 aliphatic carbocycles. The summed E-state index contributed by atoms with van der Waals surface area (Å²) in [6.07, 6.45) is 0. The molecule has 1 unspecified atom stereocenters. The first-order valence-corrected chi connectivity index (χ1v) is 9.76. The molecule has 0 amide bonds. The standard InChI is InChI=1S/C23H22N4O2/c1-4-29-15-11-9-14(10-12-15)19-18-13(2)26-27(3)22(18)24-21-20(19)16-7-5-6-8-17(16)23(28)25-21/h5-12,19H,4H2,1-3H3,(H2,24,25,28). The third-order valence-electron chi connectivity index (χ3n) is 5.58. The van der Waals surface area contributed by atoms with Gasteiger partial charge in [-0.1, -0.05) is 30.3 Å². The summed E-state index contributed by atoms with van der Waals surface area (Å²) < 4.78 is 7.46. The summed E-state index contributed by atoms with van der Waals surface area (Å²) in [5.74, 6) is 2.43. The van der Waals surface area contributed by atoms with E-state index in [1.54, 1.807) is 0 Å². The molecule has 29 heavy (non-hydrogen) atoms. The first kappa shape index (κ1) is 17.6. The van der Waals surface area contributed by atoms with Crippen LogP contribution < -0.4 is 15.6 Å². The normalized spacial score (nSPS) is 14.9. The number of hydrogen-bond acceptors (Lipinski definition) is 4. The number of fused-ring (bicyclic) bond motifs is 4. The van der Waals surface area contributed by atoms with E-state index in [1.807, 2.05) is 62.0 Å². The van der Waals surface area contributed by atoms with Crippen molar-refractivity contribution in [2.24, 2.45) is 7.05 Å². The fraction of sp³-hybridized carbons (Fsp3) is 0.217. The third-order valence-corrected chi connectivity index (χ3v) is 5.58. The van der Waals surface area contributed by atoms with E-state index in [0.29, 0.717) is 12.0 Å². The van der Waals surface area contributed by atoms with E-state index < -0.39 is 0 Å². The Bertz CT molecular complexity index is 1280. The third kappa shape index (κ3) is 2.63. The zero-order valence-corrected chi connectivity index (χ0v) is 16.6. The molecule has 146 valence electrons. The minimum atomic E-state index is -0.0976. The number of pyridine rings is 1. The number of anilines is 2.